The summed E-state index contributed by atoms with van der Waals surface area (Å²) >= 11 is 0. The smallest absolute Gasteiger partial charge is 0.296 e. The number of amides is 1. The molecule has 1 aromatic carbocycles. The minimum atomic E-state index is -0.533. The second-order valence-corrected chi connectivity index (χ2v) is 4.18. The molecule has 1 amide bonds. The van der Waals surface area contributed by atoms with Gasteiger partial charge in [0.15, 0.2) is 0 Å². The van der Waals surface area contributed by atoms with E-state index >= 15 is 0 Å². The zero-order valence-electron chi connectivity index (χ0n) is 10.3. The fourth-order valence-corrected chi connectivity index (χ4v) is 2.06. The van der Waals surface area contributed by atoms with E-state index in [9.17, 15) is 14.9 Å². The van der Waals surface area contributed by atoms with Crippen LogP contribution in [0.4, 0.5) is 11.4 Å². The lowest BCUT2D eigenvalue weighted by molar-refractivity contribution is -0.384. The van der Waals surface area contributed by atoms with Gasteiger partial charge in [0.1, 0.15) is 11.4 Å². The van der Waals surface area contributed by atoms with Gasteiger partial charge in [-0.3, -0.25) is 14.9 Å². The fraction of sp³-hybridized carbons (Fsp3) is 0.308. The van der Waals surface area contributed by atoms with E-state index in [1.165, 1.54) is 24.1 Å². The van der Waals surface area contributed by atoms with E-state index in [0.717, 1.165) is 0 Å². The Hall–Kier alpha value is -2.55. The van der Waals surface area contributed by atoms with Gasteiger partial charge in [-0.05, 0) is 12.1 Å². The number of benzene rings is 1. The number of nitro groups is 1. The van der Waals surface area contributed by atoms with Crippen LogP contribution >= 0.6 is 0 Å². The monoisotopic (exact) mass is 260 g/mol. The summed E-state index contributed by atoms with van der Waals surface area (Å²) in [4.78, 5) is 23.8. The molecule has 98 valence electrons. The van der Waals surface area contributed by atoms with Gasteiger partial charge in [0.05, 0.1) is 18.1 Å². The molecule has 0 aliphatic carbocycles. The standard InChI is InChI=1S/C13H12N2O4/c1-3-9-6-13(16)14(8-9)11-5-4-10(19-2)7-12(11)15(17)18/h1,4-5,7,9H,6,8H2,2H3. The minimum absolute atomic E-state index is 0.162. The summed E-state index contributed by atoms with van der Waals surface area (Å²) in [5.74, 6) is 2.48. The number of hydrogen-bond acceptors (Lipinski definition) is 4. The highest BCUT2D eigenvalue weighted by molar-refractivity contribution is 5.98. The van der Waals surface area contributed by atoms with E-state index in [2.05, 4.69) is 5.92 Å². The highest BCUT2D eigenvalue weighted by Crippen LogP contribution is 2.35. The Morgan fingerprint density at radius 3 is 2.84 bits per heavy atom. The molecule has 6 nitrogen and oxygen atoms in total. The van der Waals surface area contributed by atoms with E-state index in [4.69, 9.17) is 11.2 Å². The molecule has 0 aromatic heterocycles. The predicted octanol–water partition coefficient (Wildman–Crippen LogP) is 1.59. The van der Waals surface area contributed by atoms with Gasteiger partial charge in [0.25, 0.3) is 5.69 Å². The third-order valence-corrected chi connectivity index (χ3v) is 3.03. The molecule has 1 heterocycles. The lowest BCUT2D eigenvalue weighted by atomic mass is 10.1. The third-order valence-electron chi connectivity index (χ3n) is 3.03. The van der Waals surface area contributed by atoms with Crippen LogP contribution in [0, 0.1) is 28.4 Å². The number of terminal acetylenes is 1. The van der Waals surface area contributed by atoms with Gasteiger partial charge in [-0.15, -0.1) is 12.3 Å². The summed E-state index contributed by atoms with van der Waals surface area (Å²) in [5, 5.41) is 11.1. The average Bonchev–Trinajstić information content (AvgIpc) is 2.79. The first-order valence-corrected chi connectivity index (χ1v) is 5.65. The molecule has 0 N–H and O–H groups in total. The zero-order valence-corrected chi connectivity index (χ0v) is 10.3. The Morgan fingerprint density at radius 1 is 1.58 bits per heavy atom. The Balaban J connectivity index is 2.43. The highest BCUT2D eigenvalue weighted by atomic mass is 16.6. The molecule has 6 heteroatoms. The van der Waals surface area contributed by atoms with Crippen LogP contribution in [0.2, 0.25) is 0 Å². The van der Waals surface area contributed by atoms with E-state index in [1.54, 1.807) is 6.07 Å². The van der Waals surface area contributed by atoms with Crippen LogP contribution in [-0.4, -0.2) is 24.5 Å². The number of anilines is 1. The number of carbonyl (C=O) groups excluding carboxylic acids is 1. The molecule has 0 bridgehead atoms. The molecule has 0 spiro atoms. The van der Waals surface area contributed by atoms with Crippen molar-refractivity contribution in [1.29, 1.82) is 0 Å². The molecule has 0 saturated carbocycles. The molecule has 1 saturated heterocycles. The molecule has 0 radical (unpaired) electrons. The van der Waals surface area contributed by atoms with Crippen molar-refractivity contribution < 1.29 is 14.5 Å². The molecule has 1 aliphatic rings. The minimum Gasteiger partial charge on any atom is -0.496 e. The quantitative estimate of drug-likeness (QED) is 0.470. The molecule has 19 heavy (non-hydrogen) atoms. The molecule has 1 aromatic rings. The van der Waals surface area contributed by atoms with Gasteiger partial charge in [0.2, 0.25) is 5.91 Å². The second-order valence-electron chi connectivity index (χ2n) is 4.18. The first kappa shape index (κ1) is 12.9. The summed E-state index contributed by atoms with van der Waals surface area (Å²) in [6, 6.07) is 4.39. The molecule has 2 rings (SSSR count). The van der Waals surface area contributed by atoms with Crippen molar-refractivity contribution in [3.8, 4) is 18.1 Å². The fourth-order valence-electron chi connectivity index (χ4n) is 2.06. The Bertz CT molecular complexity index is 576. The van der Waals surface area contributed by atoms with E-state index in [0.29, 0.717) is 12.3 Å². The Labute approximate surface area is 110 Å². The molecule has 1 atom stereocenters. The van der Waals surface area contributed by atoms with E-state index < -0.39 is 4.92 Å². The summed E-state index contributed by atoms with van der Waals surface area (Å²) in [7, 11) is 1.42. The van der Waals surface area contributed by atoms with Crippen molar-refractivity contribution in [2.75, 3.05) is 18.6 Å². The van der Waals surface area contributed by atoms with Crippen molar-refractivity contribution >= 4 is 17.3 Å². The number of nitro benzene ring substituents is 1. The van der Waals surface area contributed by atoms with Crippen LogP contribution < -0.4 is 9.64 Å². The maximum absolute atomic E-state index is 11.8. The van der Waals surface area contributed by atoms with E-state index in [1.807, 2.05) is 0 Å². The van der Waals surface area contributed by atoms with Crippen molar-refractivity contribution in [3.05, 3.63) is 28.3 Å². The van der Waals surface area contributed by atoms with Crippen LogP contribution in [0.5, 0.6) is 5.75 Å². The molecular formula is C13H12N2O4. The largest absolute Gasteiger partial charge is 0.496 e. The molecule has 1 fully saturated rings. The van der Waals surface area contributed by atoms with Crippen LogP contribution in [0.15, 0.2) is 18.2 Å². The topological polar surface area (TPSA) is 72.7 Å². The summed E-state index contributed by atoms with van der Waals surface area (Å²) < 4.78 is 4.95. The Kier molecular flexibility index (Phi) is 3.38. The second kappa shape index (κ2) is 4.98. The molecular weight excluding hydrogens is 248 g/mol. The summed E-state index contributed by atoms with van der Waals surface area (Å²) in [6.45, 7) is 0.308. The van der Waals surface area contributed by atoms with Crippen LogP contribution in [0.25, 0.3) is 0 Å². The molecule has 1 aliphatic heterocycles. The molecule has 1 unspecified atom stereocenters. The number of ether oxygens (including phenoxy) is 1. The van der Waals surface area contributed by atoms with Crippen LogP contribution in [0.3, 0.4) is 0 Å². The lowest BCUT2D eigenvalue weighted by Gasteiger charge is -2.16. The van der Waals surface area contributed by atoms with Crippen LogP contribution in [-0.2, 0) is 4.79 Å². The van der Waals surface area contributed by atoms with E-state index in [-0.39, 0.29) is 29.6 Å². The van der Waals surface area contributed by atoms with Crippen molar-refractivity contribution in [3.63, 3.8) is 0 Å². The number of nitrogens with zero attached hydrogens (tertiary/aromatic N) is 2. The van der Waals surface area contributed by atoms with Gasteiger partial charge in [-0.1, -0.05) is 0 Å². The van der Waals surface area contributed by atoms with Gasteiger partial charge >= 0.3 is 0 Å². The first-order chi connectivity index (χ1) is 9.06. The van der Waals surface area contributed by atoms with Crippen molar-refractivity contribution in [2.45, 2.75) is 6.42 Å². The Morgan fingerprint density at radius 2 is 2.32 bits per heavy atom. The number of carbonyl (C=O) groups is 1. The van der Waals surface area contributed by atoms with Crippen molar-refractivity contribution in [2.24, 2.45) is 5.92 Å². The lowest BCUT2D eigenvalue weighted by Crippen LogP contribution is -2.25. The van der Waals surface area contributed by atoms with Gasteiger partial charge < -0.3 is 9.64 Å². The number of methoxy groups -OCH3 is 1. The predicted molar refractivity (Wildman–Crippen MR) is 68.9 cm³/mol. The number of hydrogen-bond donors (Lipinski definition) is 0. The average molecular weight is 260 g/mol. The SMILES string of the molecule is C#CC1CC(=O)N(c2ccc(OC)cc2[N+](=O)[O-])C1. The maximum Gasteiger partial charge on any atom is 0.296 e. The van der Waals surface area contributed by atoms with Gasteiger partial charge in [-0.2, -0.15) is 0 Å². The van der Waals surface area contributed by atoms with Gasteiger partial charge in [-0.25, -0.2) is 0 Å². The maximum atomic E-state index is 11.8. The summed E-state index contributed by atoms with van der Waals surface area (Å²) in [6.07, 6.45) is 5.52. The number of rotatable bonds is 3. The summed E-state index contributed by atoms with van der Waals surface area (Å²) in [5.41, 5.74) is 0.0962. The first-order valence-electron chi connectivity index (χ1n) is 5.65. The van der Waals surface area contributed by atoms with Crippen LogP contribution in [0.1, 0.15) is 6.42 Å². The zero-order chi connectivity index (χ0) is 14.0. The van der Waals surface area contributed by atoms with Gasteiger partial charge in [0, 0.05) is 18.9 Å². The normalized spacial score (nSPS) is 18.2. The third kappa shape index (κ3) is 2.36. The highest BCUT2D eigenvalue weighted by Gasteiger charge is 2.33. The van der Waals surface area contributed by atoms with Crippen molar-refractivity contribution in [1.82, 2.24) is 0 Å².